The number of amides is 1. The fraction of sp³-hybridized carbons (Fsp3) is 0.150. The smallest absolute Gasteiger partial charge is 0.251 e. The molecule has 3 aromatic carbocycles. The van der Waals surface area contributed by atoms with Crippen molar-refractivity contribution in [3.63, 3.8) is 0 Å². The average Bonchev–Trinajstić information content (AvgIpc) is 2.60. The lowest BCUT2D eigenvalue weighted by Crippen LogP contribution is -2.23. The molecule has 3 nitrogen and oxygen atoms in total. The zero-order valence-corrected chi connectivity index (χ0v) is 13.1. The van der Waals surface area contributed by atoms with Crippen LogP contribution in [0.2, 0.25) is 0 Å². The van der Waals surface area contributed by atoms with E-state index in [1.165, 1.54) is 10.8 Å². The fourth-order valence-corrected chi connectivity index (χ4v) is 2.69. The van der Waals surface area contributed by atoms with Gasteiger partial charge in [-0.05, 0) is 34.0 Å². The first kappa shape index (κ1) is 15.3. The van der Waals surface area contributed by atoms with Crippen molar-refractivity contribution in [3.8, 4) is 0 Å². The minimum absolute atomic E-state index is 0.0733. The van der Waals surface area contributed by atoms with E-state index in [0.29, 0.717) is 18.7 Å². The van der Waals surface area contributed by atoms with E-state index in [-0.39, 0.29) is 5.91 Å². The molecule has 0 heterocycles. The highest BCUT2D eigenvalue weighted by molar-refractivity contribution is 5.94. The Kier molecular flexibility index (Phi) is 4.69. The van der Waals surface area contributed by atoms with E-state index in [1.807, 2.05) is 48.5 Å². The van der Waals surface area contributed by atoms with Crippen LogP contribution >= 0.6 is 0 Å². The van der Waals surface area contributed by atoms with Crippen molar-refractivity contribution in [2.75, 3.05) is 7.11 Å². The van der Waals surface area contributed by atoms with Crippen LogP contribution in [0.3, 0.4) is 0 Å². The highest BCUT2D eigenvalue weighted by Crippen LogP contribution is 2.18. The Labute approximate surface area is 135 Å². The van der Waals surface area contributed by atoms with Crippen LogP contribution in [0.4, 0.5) is 0 Å². The first-order valence-corrected chi connectivity index (χ1v) is 7.60. The summed E-state index contributed by atoms with van der Waals surface area (Å²) in [6, 6.07) is 21.8. The molecule has 23 heavy (non-hydrogen) atoms. The number of fused-ring (bicyclic) bond motifs is 1. The Morgan fingerprint density at radius 2 is 1.78 bits per heavy atom. The zero-order valence-electron chi connectivity index (χ0n) is 13.1. The van der Waals surface area contributed by atoms with Gasteiger partial charge in [-0.2, -0.15) is 0 Å². The number of hydrogen-bond acceptors (Lipinski definition) is 2. The van der Waals surface area contributed by atoms with E-state index in [0.717, 1.165) is 11.1 Å². The molecule has 0 aliphatic rings. The summed E-state index contributed by atoms with van der Waals surface area (Å²) < 4.78 is 5.11. The van der Waals surface area contributed by atoms with Crippen molar-refractivity contribution in [2.24, 2.45) is 0 Å². The summed E-state index contributed by atoms with van der Waals surface area (Å²) in [5.41, 5.74) is 2.76. The van der Waals surface area contributed by atoms with E-state index in [4.69, 9.17) is 4.74 Å². The molecule has 1 N–H and O–H groups in total. The number of carbonyl (C=O) groups excluding carboxylic acids is 1. The number of carbonyl (C=O) groups is 1. The monoisotopic (exact) mass is 305 g/mol. The number of nitrogens with one attached hydrogen (secondary N) is 1. The molecule has 3 rings (SSSR count). The SMILES string of the molecule is COCc1cccc(C(=O)NCc2cccc3ccccc23)c1. The van der Waals surface area contributed by atoms with Gasteiger partial charge in [0.25, 0.3) is 5.91 Å². The van der Waals surface area contributed by atoms with Crippen LogP contribution in [0.15, 0.2) is 66.7 Å². The molecule has 0 unspecified atom stereocenters. The van der Waals surface area contributed by atoms with Gasteiger partial charge < -0.3 is 10.1 Å². The van der Waals surface area contributed by atoms with Crippen molar-refractivity contribution in [1.82, 2.24) is 5.32 Å². The van der Waals surface area contributed by atoms with Crippen LogP contribution in [-0.2, 0) is 17.9 Å². The molecule has 0 fully saturated rings. The second-order valence-electron chi connectivity index (χ2n) is 5.45. The van der Waals surface area contributed by atoms with Crippen LogP contribution < -0.4 is 5.32 Å². The Bertz CT molecular complexity index is 821. The topological polar surface area (TPSA) is 38.3 Å². The largest absolute Gasteiger partial charge is 0.380 e. The lowest BCUT2D eigenvalue weighted by Gasteiger charge is -2.09. The summed E-state index contributed by atoms with van der Waals surface area (Å²) in [5.74, 6) is -0.0733. The molecular formula is C20H19NO2. The summed E-state index contributed by atoms with van der Waals surface area (Å²) in [6.45, 7) is 1.01. The minimum atomic E-state index is -0.0733. The van der Waals surface area contributed by atoms with Gasteiger partial charge in [-0.15, -0.1) is 0 Å². The van der Waals surface area contributed by atoms with Crippen molar-refractivity contribution in [1.29, 1.82) is 0 Å². The Hall–Kier alpha value is -2.65. The number of rotatable bonds is 5. The third kappa shape index (κ3) is 3.58. The van der Waals surface area contributed by atoms with Crippen LogP contribution in [0.1, 0.15) is 21.5 Å². The number of benzene rings is 3. The predicted molar refractivity (Wildman–Crippen MR) is 92.3 cm³/mol. The number of methoxy groups -OCH3 is 1. The maximum atomic E-state index is 12.4. The molecule has 0 bridgehead atoms. The second-order valence-corrected chi connectivity index (χ2v) is 5.45. The third-order valence-corrected chi connectivity index (χ3v) is 3.82. The van der Waals surface area contributed by atoms with Gasteiger partial charge in [-0.3, -0.25) is 4.79 Å². The molecule has 0 radical (unpaired) electrons. The summed E-state index contributed by atoms with van der Waals surface area (Å²) in [6.07, 6.45) is 0. The number of ether oxygens (including phenoxy) is 1. The predicted octanol–water partition coefficient (Wildman–Crippen LogP) is 3.92. The van der Waals surface area contributed by atoms with E-state index in [2.05, 4.69) is 23.5 Å². The normalized spacial score (nSPS) is 10.7. The molecule has 0 atom stereocenters. The molecule has 1 amide bonds. The van der Waals surface area contributed by atoms with Gasteiger partial charge >= 0.3 is 0 Å². The Morgan fingerprint density at radius 3 is 2.65 bits per heavy atom. The fourth-order valence-electron chi connectivity index (χ4n) is 2.69. The van der Waals surface area contributed by atoms with Crippen LogP contribution in [0.5, 0.6) is 0 Å². The summed E-state index contributed by atoms with van der Waals surface area (Å²) in [7, 11) is 1.65. The van der Waals surface area contributed by atoms with Gasteiger partial charge in [0.15, 0.2) is 0 Å². The zero-order chi connectivity index (χ0) is 16.1. The number of hydrogen-bond donors (Lipinski definition) is 1. The van der Waals surface area contributed by atoms with Crippen LogP contribution in [-0.4, -0.2) is 13.0 Å². The van der Waals surface area contributed by atoms with Gasteiger partial charge in [0.05, 0.1) is 6.61 Å². The van der Waals surface area contributed by atoms with E-state index in [9.17, 15) is 4.79 Å². The van der Waals surface area contributed by atoms with Crippen molar-refractivity contribution in [2.45, 2.75) is 13.2 Å². The lowest BCUT2D eigenvalue weighted by molar-refractivity contribution is 0.0950. The van der Waals surface area contributed by atoms with E-state index in [1.54, 1.807) is 7.11 Å². The van der Waals surface area contributed by atoms with Gasteiger partial charge in [-0.25, -0.2) is 0 Å². The van der Waals surface area contributed by atoms with Crippen molar-refractivity contribution < 1.29 is 9.53 Å². The summed E-state index contributed by atoms with van der Waals surface area (Å²) >= 11 is 0. The standard InChI is InChI=1S/C20H19NO2/c1-23-14-15-6-4-9-17(12-15)20(22)21-13-18-10-5-8-16-7-2-3-11-19(16)18/h2-12H,13-14H2,1H3,(H,21,22). The molecule has 3 heteroatoms. The molecule has 0 aromatic heterocycles. The van der Waals surface area contributed by atoms with E-state index < -0.39 is 0 Å². The summed E-state index contributed by atoms with van der Waals surface area (Å²) in [4.78, 5) is 12.4. The molecule has 0 saturated carbocycles. The molecule has 0 saturated heterocycles. The Morgan fingerprint density at radius 1 is 1.00 bits per heavy atom. The lowest BCUT2D eigenvalue weighted by atomic mass is 10.0. The average molecular weight is 305 g/mol. The highest BCUT2D eigenvalue weighted by Gasteiger charge is 2.07. The summed E-state index contributed by atoms with van der Waals surface area (Å²) in [5, 5.41) is 5.35. The molecule has 3 aromatic rings. The van der Waals surface area contributed by atoms with Gasteiger partial charge in [0, 0.05) is 19.2 Å². The van der Waals surface area contributed by atoms with Gasteiger partial charge in [0.1, 0.15) is 0 Å². The minimum Gasteiger partial charge on any atom is -0.380 e. The maximum absolute atomic E-state index is 12.4. The quantitative estimate of drug-likeness (QED) is 0.776. The van der Waals surface area contributed by atoms with E-state index >= 15 is 0 Å². The van der Waals surface area contributed by atoms with Gasteiger partial charge in [0.2, 0.25) is 0 Å². The first-order valence-electron chi connectivity index (χ1n) is 7.60. The molecule has 0 aliphatic heterocycles. The van der Waals surface area contributed by atoms with Crippen LogP contribution in [0.25, 0.3) is 10.8 Å². The first-order chi connectivity index (χ1) is 11.3. The van der Waals surface area contributed by atoms with Crippen molar-refractivity contribution in [3.05, 3.63) is 83.4 Å². The maximum Gasteiger partial charge on any atom is 0.251 e. The second kappa shape index (κ2) is 7.07. The molecule has 0 spiro atoms. The third-order valence-electron chi connectivity index (χ3n) is 3.82. The molecule has 116 valence electrons. The van der Waals surface area contributed by atoms with Gasteiger partial charge in [-0.1, -0.05) is 54.6 Å². The Balaban J connectivity index is 1.74. The van der Waals surface area contributed by atoms with Crippen LogP contribution in [0, 0.1) is 0 Å². The van der Waals surface area contributed by atoms with Crippen molar-refractivity contribution >= 4 is 16.7 Å². The molecular weight excluding hydrogens is 286 g/mol. The highest BCUT2D eigenvalue weighted by atomic mass is 16.5. The molecule has 0 aliphatic carbocycles.